The van der Waals surface area contributed by atoms with E-state index in [2.05, 4.69) is 14.7 Å². The molecule has 4 aromatic rings. The van der Waals surface area contributed by atoms with Gasteiger partial charge < -0.3 is 16.8 Å². The molecule has 0 bridgehead atoms. The number of hydrogen-bond acceptors (Lipinski definition) is 7. The number of anilines is 2. The van der Waals surface area contributed by atoms with E-state index in [9.17, 15) is 14.4 Å². The average Bonchev–Trinajstić information content (AvgIpc) is 3.22. The van der Waals surface area contributed by atoms with Crippen molar-refractivity contribution in [2.75, 3.05) is 10.6 Å². The summed E-state index contributed by atoms with van der Waals surface area (Å²) in [5.74, 6) is -1.80. The molecule has 3 amide bonds. The molecule has 0 unspecified atom stereocenters. The molecule has 36 heavy (non-hydrogen) atoms. The molecule has 0 aliphatic rings. The first-order chi connectivity index (χ1) is 17.1. The number of nitrogen functional groups attached to an aromatic ring is 1. The summed E-state index contributed by atoms with van der Waals surface area (Å²) in [7, 11) is 0. The Kier molecular flexibility index (Phi) is 6.71. The van der Waals surface area contributed by atoms with Crippen molar-refractivity contribution in [3.63, 3.8) is 0 Å². The standard InChI is InChI=1S/C26H26N6O3S/c1-26(2,3)30-24(34)21(16-11-12-18-15(14-16)8-7-13-29-18)32(17-9-5-4-6-10-17)25(35)22-19(27)20(23(28)33)31-36-22/h4-14,21H,27H2,1-3H3,(H2,28,33)(H,30,34)/t21-/m1/s1. The van der Waals surface area contributed by atoms with E-state index in [0.29, 0.717) is 11.3 Å². The Morgan fingerprint density at radius 2 is 1.75 bits per heavy atom. The number of primary amides is 1. The van der Waals surface area contributed by atoms with Gasteiger partial charge in [0.1, 0.15) is 10.9 Å². The Balaban J connectivity index is 1.93. The van der Waals surface area contributed by atoms with Crippen molar-refractivity contribution < 1.29 is 14.4 Å². The average molecular weight is 503 g/mol. The zero-order valence-corrected chi connectivity index (χ0v) is 20.9. The minimum absolute atomic E-state index is 0.0173. The quantitative estimate of drug-likeness (QED) is 0.367. The van der Waals surface area contributed by atoms with Crippen LogP contribution >= 0.6 is 11.5 Å². The van der Waals surface area contributed by atoms with Crippen LogP contribution in [0.2, 0.25) is 0 Å². The van der Waals surface area contributed by atoms with Gasteiger partial charge in [-0.1, -0.05) is 30.3 Å². The van der Waals surface area contributed by atoms with Gasteiger partial charge in [0, 0.05) is 22.8 Å². The van der Waals surface area contributed by atoms with Crippen LogP contribution in [0.15, 0.2) is 66.9 Å². The second-order valence-electron chi connectivity index (χ2n) is 9.25. The third-order valence-electron chi connectivity index (χ3n) is 5.36. The number of nitrogens with zero attached hydrogens (tertiary/aromatic N) is 3. The number of para-hydroxylation sites is 1. The van der Waals surface area contributed by atoms with Gasteiger partial charge >= 0.3 is 0 Å². The number of nitrogens with two attached hydrogens (primary N) is 2. The van der Waals surface area contributed by atoms with E-state index >= 15 is 0 Å². The third-order valence-corrected chi connectivity index (χ3v) is 6.21. The summed E-state index contributed by atoms with van der Waals surface area (Å²) >= 11 is 0.767. The molecule has 184 valence electrons. The maximum atomic E-state index is 14.0. The minimum Gasteiger partial charge on any atom is -0.395 e. The van der Waals surface area contributed by atoms with Gasteiger partial charge in [-0.25, -0.2) is 0 Å². The molecule has 4 rings (SSSR count). The fraction of sp³-hybridized carbons (Fsp3) is 0.192. The number of amides is 3. The number of hydrogen-bond donors (Lipinski definition) is 3. The minimum atomic E-state index is -1.07. The SMILES string of the molecule is CC(C)(C)NC(=O)[C@@H](c1ccc2ncccc2c1)N(C(=O)c1snc(C(N)=O)c1N)c1ccccc1. The van der Waals surface area contributed by atoms with Gasteiger partial charge in [0.15, 0.2) is 5.69 Å². The Bertz CT molecular complexity index is 1450. The number of carbonyl (C=O) groups is 3. The molecule has 0 saturated carbocycles. The monoisotopic (exact) mass is 502 g/mol. The van der Waals surface area contributed by atoms with E-state index in [4.69, 9.17) is 11.5 Å². The smallest absolute Gasteiger partial charge is 0.273 e. The highest BCUT2D eigenvalue weighted by atomic mass is 32.1. The van der Waals surface area contributed by atoms with Crippen LogP contribution in [0, 0.1) is 0 Å². The van der Waals surface area contributed by atoms with Gasteiger partial charge in [-0.3, -0.25) is 24.3 Å². The largest absolute Gasteiger partial charge is 0.395 e. The molecule has 5 N–H and O–H groups in total. The van der Waals surface area contributed by atoms with Crippen molar-refractivity contribution >= 4 is 51.5 Å². The maximum Gasteiger partial charge on any atom is 0.273 e. The fourth-order valence-electron chi connectivity index (χ4n) is 3.83. The molecule has 9 nitrogen and oxygen atoms in total. The van der Waals surface area contributed by atoms with Crippen molar-refractivity contribution in [2.45, 2.75) is 32.4 Å². The molecular weight excluding hydrogens is 476 g/mol. The first-order valence-corrected chi connectivity index (χ1v) is 11.9. The molecule has 0 aliphatic carbocycles. The highest BCUT2D eigenvalue weighted by Crippen LogP contribution is 2.34. The van der Waals surface area contributed by atoms with E-state index in [1.807, 2.05) is 45.0 Å². The van der Waals surface area contributed by atoms with E-state index in [1.54, 1.807) is 42.6 Å². The number of nitrogens with one attached hydrogen (secondary N) is 1. The predicted octanol–water partition coefficient (Wildman–Crippen LogP) is 3.68. The van der Waals surface area contributed by atoms with E-state index in [-0.39, 0.29) is 22.2 Å². The van der Waals surface area contributed by atoms with Gasteiger partial charge in [0.2, 0.25) is 5.91 Å². The molecule has 2 heterocycles. The summed E-state index contributed by atoms with van der Waals surface area (Å²) in [6, 6.07) is 16.8. The van der Waals surface area contributed by atoms with Crippen molar-refractivity contribution in [3.05, 3.63) is 83.0 Å². The van der Waals surface area contributed by atoms with Crippen molar-refractivity contribution in [3.8, 4) is 0 Å². The topological polar surface area (TPSA) is 144 Å². The summed E-state index contributed by atoms with van der Waals surface area (Å²) in [5.41, 5.74) is 12.4. The van der Waals surface area contributed by atoms with Crippen molar-refractivity contribution in [1.82, 2.24) is 14.7 Å². The van der Waals surface area contributed by atoms with Crippen LogP contribution < -0.4 is 21.7 Å². The lowest BCUT2D eigenvalue weighted by molar-refractivity contribution is -0.123. The summed E-state index contributed by atoms with van der Waals surface area (Å²) < 4.78 is 3.98. The van der Waals surface area contributed by atoms with Crippen LogP contribution in [-0.2, 0) is 4.79 Å². The summed E-state index contributed by atoms with van der Waals surface area (Å²) in [6.07, 6.45) is 1.69. The molecule has 0 aliphatic heterocycles. The van der Waals surface area contributed by atoms with Gasteiger partial charge in [-0.05, 0) is 68.2 Å². The Morgan fingerprint density at radius 3 is 2.39 bits per heavy atom. The van der Waals surface area contributed by atoms with E-state index in [0.717, 1.165) is 22.4 Å². The molecular formula is C26H26N6O3S. The van der Waals surface area contributed by atoms with Crippen LogP contribution in [0.3, 0.4) is 0 Å². The number of rotatable bonds is 6. The molecule has 0 radical (unpaired) electrons. The highest BCUT2D eigenvalue weighted by molar-refractivity contribution is 7.09. The Hall–Kier alpha value is -4.31. The number of carbonyl (C=O) groups excluding carboxylic acids is 3. The molecule has 10 heteroatoms. The van der Waals surface area contributed by atoms with Crippen LogP contribution in [0.4, 0.5) is 11.4 Å². The molecule has 0 spiro atoms. The molecule has 2 aromatic carbocycles. The molecule has 0 saturated heterocycles. The number of fused-ring (bicyclic) bond motifs is 1. The van der Waals surface area contributed by atoms with Crippen LogP contribution in [-0.4, -0.2) is 32.6 Å². The van der Waals surface area contributed by atoms with Crippen molar-refractivity contribution in [2.24, 2.45) is 5.73 Å². The summed E-state index contributed by atoms with van der Waals surface area (Å²) in [4.78, 5) is 45.3. The van der Waals surface area contributed by atoms with E-state index in [1.165, 1.54) is 4.90 Å². The van der Waals surface area contributed by atoms with E-state index < -0.39 is 23.4 Å². The van der Waals surface area contributed by atoms with Gasteiger partial charge in [0.05, 0.1) is 11.2 Å². The van der Waals surface area contributed by atoms with Crippen LogP contribution in [0.5, 0.6) is 0 Å². The van der Waals surface area contributed by atoms with Crippen molar-refractivity contribution in [1.29, 1.82) is 0 Å². The number of benzene rings is 2. The normalized spacial score (nSPS) is 12.2. The zero-order valence-electron chi connectivity index (χ0n) is 20.1. The molecule has 1 atom stereocenters. The Morgan fingerprint density at radius 1 is 1.03 bits per heavy atom. The van der Waals surface area contributed by atoms with Crippen LogP contribution in [0.25, 0.3) is 10.9 Å². The first kappa shape index (κ1) is 24.8. The van der Waals surface area contributed by atoms with Gasteiger partial charge in [-0.15, -0.1) is 0 Å². The summed E-state index contributed by atoms with van der Waals surface area (Å²) in [5, 5.41) is 3.81. The lowest BCUT2D eigenvalue weighted by Gasteiger charge is -2.33. The Labute approximate surface area is 212 Å². The lowest BCUT2D eigenvalue weighted by Crippen LogP contribution is -2.49. The first-order valence-electron chi connectivity index (χ1n) is 11.2. The molecule has 0 fully saturated rings. The third kappa shape index (κ3) is 5.03. The number of aromatic nitrogens is 2. The van der Waals surface area contributed by atoms with Gasteiger partial charge in [-0.2, -0.15) is 4.37 Å². The second kappa shape index (κ2) is 9.74. The zero-order chi connectivity index (χ0) is 26.0. The second-order valence-corrected chi connectivity index (χ2v) is 10.0. The van der Waals surface area contributed by atoms with Crippen LogP contribution in [0.1, 0.15) is 52.5 Å². The summed E-state index contributed by atoms with van der Waals surface area (Å²) in [6.45, 7) is 5.59. The lowest BCUT2D eigenvalue weighted by atomic mass is 9.99. The predicted molar refractivity (Wildman–Crippen MR) is 141 cm³/mol. The number of pyridine rings is 1. The molecule has 2 aromatic heterocycles. The maximum absolute atomic E-state index is 14.0. The fourth-order valence-corrected chi connectivity index (χ4v) is 4.57. The van der Waals surface area contributed by atoms with Gasteiger partial charge in [0.25, 0.3) is 11.8 Å². The highest BCUT2D eigenvalue weighted by Gasteiger charge is 2.37.